The summed E-state index contributed by atoms with van der Waals surface area (Å²) in [5, 5.41) is 8.01. The summed E-state index contributed by atoms with van der Waals surface area (Å²) in [6, 6.07) is 0. The Kier molecular flexibility index (Phi) is 1.57. The van der Waals surface area contributed by atoms with Crippen LogP contribution in [0, 0.1) is 0 Å². The fourth-order valence-electron chi connectivity index (χ4n) is 0.511. The summed E-state index contributed by atoms with van der Waals surface area (Å²) in [5.41, 5.74) is 0. The van der Waals surface area contributed by atoms with Crippen LogP contribution >= 0.6 is 0 Å². The third kappa shape index (κ3) is 1.48. The van der Waals surface area contributed by atoms with Crippen molar-refractivity contribution in [3.63, 3.8) is 0 Å². The van der Waals surface area contributed by atoms with Gasteiger partial charge in [-0.3, -0.25) is 4.79 Å². The van der Waals surface area contributed by atoms with Gasteiger partial charge < -0.3 is 14.6 Å². The summed E-state index contributed by atoms with van der Waals surface area (Å²) in [6.45, 7) is 0. The first kappa shape index (κ1) is 6.60. The van der Waals surface area contributed by atoms with E-state index in [-0.39, 0.29) is 12.4 Å². The number of hydrogen-bond acceptors (Lipinski definition) is 4. The minimum atomic E-state index is -1.49. The molecule has 1 rings (SSSR count). The smallest absolute Gasteiger partial charge is 0.449 e. The topological polar surface area (TPSA) is 72.8 Å². The number of cyclic esters (lactones) is 1. The summed E-state index contributed by atoms with van der Waals surface area (Å²) in [6.07, 6.45) is -0.153. The standard InChI is InChI=1S/C5H4O5/c6-3-1-2-4(9-3)10-5(7)8/h2H,1H2,(H,7,8). The second kappa shape index (κ2) is 2.38. The number of esters is 1. The number of carboxylic acid groups (broad SMARTS) is 1. The van der Waals surface area contributed by atoms with E-state index in [2.05, 4.69) is 9.47 Å². The fraction of sp³-hybridized carbons (Fsp3) is 0.200. The number of ether oxygens (including phenoxy) is 2. The zero-order chi connectivity index (χ0) is 7.56. The molecule has 0 fully saturated rings. The summed E-state index contributed by atoms with van der Waals surface area (Å²) in [7, 11) is 0. The van der Waals surface area contributed by atoms with Gasteiger partial charge in [0, 0.05) is 6.08 Å². The molecule has 10 heavy (non-hydrogen) atoms. The van der Waals surface area contributed by atoms with Gasteiger partial charge in [0.2, 0.25) is 0 Å². The van der Waals surface area contributed by atoms with Crippen molar-refractivity contribution in [1.29, 1.82) is 0 Å². The van der Waals surface area contributed by atoms with E-state index >= 15 is 0 Å². The minimum Gasteiger partial charge on any atom is -0.449 e. The zero-order valence-corrected chi connectivity index (χ0v) is 4.86. The highest BCUT2D eigenvalue weighted by Crippen LogP contribution is 2.11. The summed E-state index contributed by atoms with van der Waals surface area (Å²) >= 11 is 0. The van der Waals surface area contributed by atoms with Gasteiger partial charge in [-0.2, -0.15) is 0 Å². The summed E-state index contributed by atoms with van der Waals surface area (Å²) < 4.78 is 8.31. The first-order chi connectivity index (χ1) is 4.68. The second-order valence-corrected chi connectivity index (χ2v) is 1.57. The van der Waals surface area contributed by atoms with Crippen LogP contribution in [0.4, 0.5) is 4.79 Å². The molecule has 0 saturated carbocycles. The molecular weight excluding hydrogens is 140 g/mol. The predicted octanol–water partition coefficient (Wildman–Crippen LogP) is 0.469. The van der Waals surface area contributed by atoms with Crippen molar-refractivity contribution in [2.45, 2.75) is 6.42 Å². The van der Waals surface area contributed by atoms with Crippen LogP contribution in [-0.2, 0) is 14.3 Å². The first-order valence-corrected chi connectivity index (χ1v) is 2.50. The fourth-order valence-corrected chi connectivity index (χ4v) is 0.511. The van der Waals surface area contributed by atoms with Gasteiger partial charge >= 0.3 is 12.1 Å². The second-order valence-electron chi connectivity index (χ2n) is 1.57. The van der Waals surface area contributed by atoms with Crippen LogP contribution in [0.3, 0.4) is 0 Å². The van der Waals surface area contributed by atoms with Crippen molar-refractivity contribution in [1.82, 2.24) is 0 Å². The lowest BCUT2D eigenvalue weighted by Crippen LogP contribution is -2.02. The summed E-state index contributed by atoms with van der Waals surface area (Å²) in [4.78, 5) is 20.1. The van der Waals surface area contributed by atoms with Gasteiger partial charge in [-0.25, -0.2) is 4.79 Å². The Morgan fingerprint density at radius 3 is 2.90 bits per heavy atom. The Morgan fingerprint density at radius 1 is 1.80 bits per heavy atom. The molecule has 54 valence electrons. The highest BCUT2D eigenvalue weighted by Gasteiger charge is 2.17. The SMILES string of the molecule is O=C(O)OC1=CCC(=O)O1. The lowest BCUT2D eigenvalue weighted by molar-refractivity contribution is -0.139. The zero-order valence-electron chi connectivity index (χ0n) is 4.86. The van der Waals surface area contributed by atoms with E-state index in [1.165, 1.54) is 6.08 Å². The van der Waals surface area contributed by atoms with Crippen molar-refractivity contribution in [3.05, 3.63) is 12.0 Å². The molecule has 0 amide bonds. The van der Waals surface area contributed by atoms with Crippen molar-refractivity contribution in [2.24, 2.45) is 0 Å². The molecule has 1 heterocycles. The van der Waals surface area contributed by atoms with Gasteiger partial charge in [0.05, 0.1) is 6.42 Å². The molecule has 5 heteroatoms. The number of carbonyl (C=O) groups is 2. The normalized spacial score (nSPS) is 16.0. The molecule has 0 aromatic carbocycles. The number of rotatable bonds is 1. The maximum Gasteiger partial charge on any atom is 0.513 e. The number of hydrogen-bond donors (Lipinski definition) is 1. The molecular formula is C5H4O5. The van der Waals surface area contributed by atoms with Crippen LogP contribution in [0.5, 0.6) is 0 Å². The Morgan fingerprint density at radius 2 is 2.50 bits per heavy atom. The Bertz CT molecular complexity index is 204. The van der Waals surface area contributed by atoms with Crippen LogP contribution in [-0.4, -0.2) is 17.2 Å². The Labute approximate surface area is 55.8 Å². The van der Waals surface area contributed by atoms with E-state index in [1.54, 1.807) is 0 Å². The molecule has 1 aliphatic heterocycles. The highest BCUT2D eigenvalue weighted by molar-refractivity contribution is 5.75. The molecule has 0 atom stereocenters. The van der Waals surface area contributed by atoms with E-state index in [4.69, 9.17) is 5.11 Å². The van der Waals surface area contributed by atoms with E-state index < -0.39 is 12.1 Å². The van der Waals surface area contributed by atoms with Crippen LogP contribution in [0.2, 0.25) is 0 Å². The van der Waals surface area contributed by atoms with Crippen LogP contribution < -0.4 is 0 Å². The van der Waals surface area contributed by atoms with E-state index in [9.17, 15) is 9.59 Å². The monoisotopic (exact) mass is 144 g/mol. The largest absolute Gasteiger partial charge is 0.513 e. The van der Waals surface area contributed by atoms with Gasteiger partial charge in [-0.1, -0.05) is 0 Å². The van der Waals surface area contributed by atoms with E-state index in [0.29, 0.717) is 0 Å². The quantitative estimate of drug-likeness (QED) is 0.541. The van der Waals surface area contributed by atoms with Gasteiger partial charge in [0.1, 0.15) is 0 Å². The third-order valence-corrected chi connectivity index (χ3v) is 0.838. The molecule has 0 aromatic heterocycles. The molecule has 5 nitrogen and oxygen atoms in total. The first-order valence-electron chi connectivity index (χ1n) is 2.50. The predicted molar refractivity (Wildman–Crippen MR) is 27.9 cm³/mol. The molecule has 0 aliphatic carbocycles. The third-order valence-electron chi connectivity index (χ3n) is 0.838. The Balaban J connectivity index is 2.44. The van der Waals surface area contributed by atoms with E-state index in [1.807, 2.05) is 0 Å². The molecule has 1 N–H and O–H groups in total. The Hall–Kier alpha value is -1.52. The molecule has 0 unspecified atom stereocenters. The molecule has 0 aromatic rings. The average Bonchev–Trinajstić information content (AvgIpc) is 2.13. The number of carbonyl (C=O) groups excluding carboxylic acids is 1. The molecule has 0 spiro atoms. The summed E-state index contributed by atoms with van der Waals surface area (Å²) in [5.74, 6) is -0.756. The van der Waals surface area contributed by atoms with Crippen molar-refractivity contribution < 1.29 is 24.2 Å². The van der Waals surface area contributed by atoms with E-state index in [0.717, 1.165) is 0 Å². The molecule has 0 bridgehead atoms. The van der Waals surface area contributed by atoms with Crippen molar-refractivity contribution in [2.75, 3.05) is 0 Å². The van der Waals surface area contributed by atoms with Gasteiger partial charge in [0.25, 0.3) is 5.95 Å². The maximum absolute atomic E-state index is 10.3. The van der Waals surface area contributed by atoms with Gasteiger partial charge in [-0.05, 0) is 0 Å². The van der Waals surface area contributed by atoms with Crippen molar-refractivity contribution >= 4 is 12.1 Å². The van der Waals surface area contributed by atoms with Gasteiger partial charge in [0.15, 0.2) is 0 Å². The molecule has 1 aliphatic rings. The maximum atomic E-state index is 10.3. The van der Waals surface area contributed by atoms with Crippen molar-refractivity contribution in [3.8, 4) is 0 Å². The molecule has 0 radical (unpaired) electrons. The highest BCUT2D eigenvalue weighted by atomic mass is 16.8. The van der Waals surface area contributed by atoms with Gasteiger partial charge in [-0.15, -0.1) is 0 Å². The van der Waals surface area contributed by atoms with Crippen LogP contribution in [0.15, 0.2) is 12.0 Å². The van der Waals surface area contributed by atoms with Crippen LogP contribution in [0.1, 0.15) is 6.42 Å². The van der Waals surface area contributed by atoms with Crippen LogP contribution in [0.25, 0.3) is 0 Å². The lowest BCUT2D eigenvalue weighted by Gasteiger charge is -1.96. The lowest BCUT2D eigenvalue weighted by atomic mass is 10.5. The minimum absolute atomic E-state index is 0.0720. The average molecular weight is 144 g/mol. The molecule has 0 saturated heterocycles.